The molecular weight excluding hydrogens is 575 g/mol. The van der Waals surface area contributed by atoms with E-state index in [1.54, 1.807) is 25.1 Å². The predicted molar refractivity (Wildman–Crippen MR) is 156 cm³/mol. The van der Waals surface area contributed by atoms with Gasteiger partial charge in [-0.25, -0.2) is 27.3 Å². The van der Waals surface area contributed by atoms with Crippen molar-refractivity contribution in [3.05, 3.63) is 46.4 Å². The average Bonchev–Trinajstić information content (AvgIpc) is 3.34. The van der Waals surface area contributed by atoms with Crippen LogP contribution >= 0.6 is 12.1 Å². The first-order chi connectivity index (χ1) is 19.9. The molecule has 3 N–H and O–H groups in total. The van der Waals surface area contributed by atoms with E-state index in [2.05, 4.69) is 25.3 Å². The molecular formula is C27H34F3N7O4S. The number of alkyl halides is 1. The number of halogens is 3. The van der Waals surface area contributed by atoms with Gasteiger partial charge in [-0.3, -0.25) is 9.36 Å². The number of pyridine rings is 1. The highest BCUT2D eigenvalue weighted by Gasteiger charge is 2.24. The number of hydrogen-bond acceptors (Lipinski definition) is 10. The molecule has 228 valence electrons. The number of ether oxygens (including phenoxy) is 2. The summed E-state index contributed by atoms with van der Waals surface area (Å²) in [5.74, 6) is -1.60. The van der Waals surface area contributed by atoms with Crippen molar-refractivity contribution in [2.75, 3.05) is 49.4 Å². The van der Waals surface area contributed by atoms with E-state index in [1.165, 1.54) is 29.9 Å². The Kier molecular flexibility index (Phi) is 10.2. The summed E-state index contributed by atoms with van der Waals surface area (Å²) >= 11 is 1.03. The van der Waals surface area contributed by atoms with Crippen molar-refractivity contribution in [1.82, 2.24) is 24.2 Å². The zero-order chi connectivity index (χ0) is 30.4. The molecule has 1 fully saturated rings. The van der Waals surface area contributed by atoms with Crippen LogP contribution in [0.3, 0.4) is 0 Å². The number of rotatable bonds is 11. The summed E-state index contributed by atoms with van der Waals surface area (Å²) in [6, 6.07) is 3.67. The van der Waals surface area contributed by atoms with Crippen LogP contribution in [-0.4, -0.2) is 76.1 Å². The number of nitrogens with zero attached hydrogens (tertiary/aromatic N) is 4. The highest BCUT2D eigenvalue weighted by Crippen LogP contribution is 2.32. The predicted octanol–water partition coefficient (Wildman–Crippen LogP) is 4.25. The Balaban J connectivity index is 1.39. The minimum absolute atomic E-state index is 0.0282. The van der Waals surface area contributed by atoms with E-state index in [9.17, 15) is 18.4 Å². The van der Waals surface area contributed by atoms with Gasteiger partial charge in [0.1, 0.15) is 23.2 Å². The smallest absolute Gasteiger partial charge is 0.407 e. The normalized spacial score (nSPS) is 15.6. The molecule has 1 aromatic carbocycles. The Morgan fingerprint density at radius 1 is 1.21 bits per heavy atom. The molecule has 0 saturated carbocycles. The van der Waals surface area contributed by atoms with Gasteiger partial charge in [0.15, 0.2) is 5.82 Å². The molecule has 0 radical (unpaired) electrons. The van der Waals surface area contributed by atoms with Crippen molar-refractivity contribution in [2.45, 2.75) is 39.0 Å². The van der Waals surface area contributed by atoms with Crippen molar-refractivity contribution < 1.29 is 27.4 Å². The van der Waals surface area contributed by atoms with Gasteiger partial charge in [0.05, 0.1) is 30.0 Å². The average molecular weight is 610 g/mol. The number of hydrogen-bond donors (Lipinski definition) is 3. The zero-order valence-corrected chi connectivity index (χ0v) is 24.6. The van der Waals surface area contributed by atoms with Gasteiger partial charge in [0.2, 0.25) is 5.95 Å². The number of carbonyl (C=O) groups is 1. The van der Waals surface area contributed by atoms with Gasteiger partial charge in [0.25, 0.3) is 5.56 Å². The second-order valence-corrected chi connectivity index (χ2v) is 11.5. The number of benzene rings is 1. The van der Waals surface area contributed by atoms with E-state index >= 15 is 4.39 Å². The first-order valence-electron chi connectivity index (χ1n) is 13.4. The molecule has 0 unspecified atom stereocenters. The number of anilines is 2. The Bertz CT molecular complexity index is 1480. The Morgan fingerprint density at radius 3 is 2.69 bits per heavy atom. The SMILES string of the molecule is Cn1c(=O)c(-c2c(F)ccc(NSN3CC[C@@H](F)C3)c2F)cc2cnc(NCCOCCNC(=O)OC(C)(C)C)nc21. The molecule has 0 spiro atoms. The van der Waals surface area contributed by atoms with Crippen LogP contribution in [0.25, 0.3) is 22.2 Å². The van der Waals surface area contributed by atoms with Gasteiger partial charge in [-0.05, 0) is 45.4 Å². The molecule has 1 atom stereocenters. The molecule has 4 rings (SSSR count). The van der Waals surface area contributed by atoms with Gasteiger partial charge in [0, 0.05) is 56.9 Å². The van der Waals surface area contributed by atoms with Crippen molar-refractivity contribution in [2.24, 2.45) is 7.05 Å². The van der Waals surface area contributed by atoms with Crippen LogP contribution < -0.4 is 20.9 Å². The van der Waals surface area contributed by atoms with Crippen LogP contribution in [0, 0.1) is 11.6 Å². The molecule has 3 aromatic rings. The van der Waals surface area contributed by atoms with E-state index in [1.807, 2.05) is 0 Å². The molecule has 1 amide bonds. The molecule has 1 aliphatic rings. The molecule has 42 heavy (non-hydrogen) atoms. The number of carbonyl (C=O) groups excluding carboxylic acids is 1. The number of alkyl carbamates (subject to hydrolysis) is 1. The van der Waals surface area contributed by atoms with Crippen molar-refractivity contribution in [3.63, 3.8) is 0 Å². The summed E-state index contributed by atoms with van der Waals surface area (Å²) in [5.41, 5.74) is -1.65. The minimum atomic E-state index is -0.945. The maximum absolute atomic E-state index is 15.5. The number of nitrogens with one attached hydrogen (secondary N) is 3. The Labute approximate surface area is 245 Å². The monoisotopic (exact) mass is 609 g/mol. The third kappa shape index (κ3) is 8.04. The van der Waals surface area contributed by atoms with Gasteiger partial charge >= 0.3 is 6.09 Å². The number of aryl methyl sites for hydroxylation is 1. The maximum atomic E-state index is 15.5. The van der Waals surface area contributed by atoms with Gasteiger partial charge < -0.3 is 24.8 Å². The topological polar surface area (TPSA) is 123 Å². The van der Waals surface area contributed by atoms with E-state index < -0.39 is 40.6 Å². The quantitative estimate of drug-likeness (QED) is 0.215. The number of fused-ring (bicyclic) bond motifs is 1. The van der Waals surface area contributed by atoms with Crippen LogP contribution in [0.1, 0.15) is 27.2 Å². The van der Waals surface area contributed by atoms with E-state index in [0.29, 0.717) is 31.5 Å². The fraction of sp³-hybridized carbons (Fsp3) is 0.481. The molecule has 1 saturated heterocycles. The minimum Gasteiger partial charge on any atom is -0.444 e. The summed E-state index contributed by atoms with van der Waals surface area (Å²) in [7, 11) is 1.46. The fourth-order valence-electron chi connectivity index (χ4n) is 4.15. The molecule has 0 aliphatic carbocycles. The van der Waals surface area contributed by atoms with E-state index in [0.717, 1.165) is 18.2 Å². The number of aromatic nitrogens is 3. The van der Waals surface area contributed by atoms with Crippen molar-refractivity contribution in [3.8, 4) is 11.1 Å². The molecule has 15 heteroatoms. The third-order valence-electron chi connectivity index (χ3n) is 6.13. The standard InChI is InChI=1S/C27H34F3N7O4S/c1-27(2,3)41-26(39)32-9-12-40-11-8-31-25-33-14-16-13-18(24(38)36(4)23(16)34-25)21-19(29)5-6-20(22(21)30)35-42-37-10-7-17(28)15-37/h5-6,13-14,17,35H,7-12,15H2,1-4H3,(H,32,39)(H,31,33,34)/t17-/m1/s1. The van der Waals surface area contributed by atoms with Crippen molar-refractivity contribution >= 4 is 40.9 Å². The molecule has 0 bridgehead atoms. The van der Waals surface area contributed by atoms with E-state index in [4.69, 9.17) is 9.47 Å². The lowest BCUT2D eigenvalue weighted by Gasteiger charge is -2.19. The molecule has 1 aliphatic heterocycles. The van der Waals surface area contributed by atoms with Gasteiger partial charge in [-0.1, -0.05) is 0 Å². The second kappa shape index (κ2) is 13.6. The second-order valence-electron chi connectivity index (χ2n) is 10.6. The van der Waals surface area contributed by atoms with Crippen LogP contribution in [0.4, 0.5) is 29.6 Å². The lowest BCUT2D eigenvalue weighted by molar-refractivity contribution is 0.0502. The summed E-state index contributed by atoms with van der Waals surface area (Å²) in [6.07, 6.45) is 0.375. The van der Waals surface area contributed by atoms with Crippen molar-refractivity contribution in [1.29, 1.82) is 0 Å². The summed E-state index contributed by atoms with van der Waals surface area (Å²) in [4.78, 5) is 33.5. The zero-order valence-electron chi connectivity index (χ0n) is 23.8. The third-order valence-corrected chi connectivity index (χ3v) is 7.03. The van der Waals surface area contributed by atoms with Crippen LogP contribution in [0.2, 0.25) is 0 Å². The highest BCUT2D eigenvalue weighted by atomic mass is 32.2. The molecule has 11 nitrogen and oxygen atoms in total. The lowest BCUT2D eigenvalue weighted by atomic mass is 10.0. The lowest BCUT2D eigenvalue weighted by Crippen LogP contribution is -2.34. The molecule has 2 aromatic heterocycles. The summed E-state index contributed by atoms with van der Waals surface area (Å²) < 4.78 is 60.1. The van der Waals surface area contributed by atoms with Gasteiger partial charge in [-0.2, -0.15) is 4.98 Å². The Hall–Kier alpha value is -3.56. The highest BCUT2D eigenvalue weighted by molar-refractivity contribution is 7.98. The maximum Gasteiger partial charge on any atom is 0.407 e. The fourth-order valence-corrected chi connectivity index (χ4v) is 4.97. The van der Waals surface area contributed by atoms with E-state index in [-0.39, 0.29) is 42.5 Å². The van der Waals surface area contributed by atoms with Crippen LogP contribution in [-0.2, 0) is 16.5 Å². The van der Waals surface area contributed by atoms with Gasteiger partial charge in [-0.15, -0.1) is 0 Å². The first kappa shape index (κ1) is 31.4. The number of amides is 1. The van der Waals surface area contributed by atoms with Crippen LogP contribution in [0.5, 0.6) is 0 Å². The van der Waals surface area contributed by atoms with Crippen LogP contribution in [0.15, 0.2) is 29.2 Å². The summed E-state index contributed by atoms with van der Waals surface area (Å²) in [6.45, 7) is 7.23. The Morgan fingerprint density at radius 2 is 1.98 bits per heavy atom. The summed E-state index contributed by atoms with van der Waals surface area (Å²) in [5, 5.41) is 5.99. The largest absolute Gasteiger partial charge is 0.444 e. The molecule has 3 heterocycles. The first-order valence-corrected chi connectivity index (χ1v) is 14.2.